The molecule has 2 rings (SSSR count). The van der Waals surface area contributed by atoms with Gasteiger partial charge in [-0.15, -0.1) is 0 Å². The molecule has 0 fully saturated rings. The molecule has 0 spiro atoms. The van der Waals surface area contributed by atoms with Gasteiger partial charge in [-0.2, -0.15) is 30.0 Å². The predicted octanol–water partition coefficient (Wildman–Crippen LogP) is 3.76. The molecule has 2 aromatic rings. The van der Waals surface area contributed by atoms with Crippen LogP contribution in [0.5, 0.6) is 0 Å². The van der Waals surface area contributed by atoms with Crippen LogP contribution < -0.4 is 0 Å². The highest BCUT2D eigenvalue weighted by Gasteiger charge is 2.30. The lowest BCUT2D eigenvalue weighted by atomic mass is 9.99. The summed E-state index contributed by atoms with van der Waals surface area (Å²) in [6.07, 6.45) is -3.83. The molecular weight excluding hydrogens is 433 g/mol. The third-order valence-electron chi connectivity index (χ3n) is 3.77. The monoisotopic (exact) mass is 452 g/mol. The minimum absolute atomic E-state index is 0.0728. The van der Waals surface area contributed by atoms with Crippen molar-refractivity contribution in [1.29, 1.82) is 0 Å². The van der Waals surface area contributed by atoms with E-state index in [1.165, 1.54) is 12.1 Å². The zero-order valence-electron chi connectivity index (χ0n) is 15.5. The van der Waals surface area contributed by atoms with Gasteiger partial charge in [0.1, 0.15) is 6.10 Å². The van der Waals surface area contributed by atoms with Gasteiger partial charge in [0.25, 0.3) is 20.2 Å². The van der Waals surface area contributed by atoms with E-state index in [0.29, 0.717) is 16.7 Å². The van der Waals surface area contributed by atoms with E-state index in [2.05, 4.69) is 4.18 Å². The summed E-state index contributed by atoms with van der Waals surface area (Å²) in [5.74, 6) is 0. The lowest BCUT2D eigenvalue weighted by Gasteiger charge is -2.17. The van der Waals surface area contributed by atoms with Gasteiger partial charge in [0.15, 0.2) is 0 Å². The van der Waals surface area contributed by atoms with Crippen molar-refractivity contribution in [2.75, 3.05) is 19.1 Å². The Balaban J connectivity index is 2.30. The second-order valence-corrected chi connectivity index (χ2v) is 9.55. The Morgan fingerprint density at radius 3 is 2.03 bits per heavy atom. The molecule has 11 heteroatoms. The average Bonchev–Trinajstić information content (AvgIpc) is 2.58. The van der Waals surface area contributed by atoms with Crippen LogP contribution in [0.4, 0.5) is 13.2 Å². The molecule has 0 amide bonds. The van der Waals surface area contributed by atoms with Crippen molar-refractivity contribution in [2.24, 2.45) is 0 Å². The van der Waals surface area contributed by atoms with E-state index in [1.807, 2.05) is 0 Å². The smallest absolute Gasteiger partial charge is 0.270 e. The van der Waals surface area contributed by atoms with E-state index in [-0.39, 0.29) is 13.0 Å². The first kappa shape index (κ1) is 23.3. The van der Waals surface area contributed by atoms with Crippen LogP contribution in [0.15, 0.2) is 48.5 Å². The fraction of sp³-hybridized carbons (Fsp3) is 0.333. The first-order valence-corrected chi connectivity index (χ1v) is 11.9. The van der Waals surface area contributed by atoms with Gasteiger partial charge in [0, 0.05) is 6.42 Å². The third-order valence-corrected chi connectivity index (χ3v) is 4.95. The molecule has 0 aliphatic rings. The molecule has 6 nitrogen and oxygen atoms in total. The SMILES string of the molecule is CS(=O)(=O)OCCC(OS(C)(=O)=O)c1cccc(-c2ccc(C(F)(F)F)cc2)c1. The lowest BCUT2D eigenvalue weighted by Crippen LogP contribution is -2.14. The van der Waals surface area contributed by atoms with Crippen molar-refractivity contribution >= 4 is 20.2 Å². The predicted molar refractivity (Wildman–Crippen MR) is 101 cm³/mol. The number of hydrogen-bond donors (Lipinski definition) is 0. The maximum absolute atomic E-state index is 12.7. The fourth-order valence-corrected chi connectivity index (χ4v) is 3.59. The van der Waals surface area contributed by atoms with E-state index in [0.717, 1.165) is 24.6 Å². The van der Waals surface area contributed by atoms with Crippen molar-refractivity contribution in [3.8, 4) is 11.1 Å². The number of alkyl halides is 3. The van der Waals surface area contributed by atoms with Crippen LogP contribution in [-0.4, -0.2) is 36.0 Å². The van der Waals surface area contributed by atoms with Crippen LogP contribution in [-0.2, 0) is 34.8 Å². The summed E-state index contributed by atoms with van der Waals surface area (Å²) in [5.41, 5.74) is 0.659. The lowest BCUT2D eigenvalue weighted by molar-refractivity contribution is -0.137. The fourth-order valence-electron chi connectivity index (χ4n) is 2.56. The van der Waals surface area contributed by atoms with Crippen molar-refractivity contribution in [3.05, 3.63) is 59.7 Å². The molecule has 0 saturated carbocycles. The minimum Gasteiger partial charge on any atom is -0.270 e. The Kier molecular flexibility index (Phi) is 7.10. The molecule has 0 bridgehead atoms. The molecule has 0 radical (unpaired) electrons. The van der Waals surface area contributed by atoms with Crippen molar-refractivity contribution in [3.63, 3.8) is 0 Å². The molecule has 1 atom stereocenters. The molecule has 0 aliphatic heterocycles. The highest BCUT2D eigenvalue weighted by Crippen LogP contribution is 2.32. The van der Waals surface area contributed by atoms with Gasteiger partial charge in [-0.25, -0.2) is 0 Å². The van der Waals surface area contributed by atoms with Gasteiger partial charge in [-0.1, -0.05) is 30.3 Å². The zero-order valence-corrected chi connectivity index (χ0v) is 17.1. The molecule has 0 aromatic heterocycles. The van der Waals surface area contributed by atoms with Crippen LogP contribution in [0.2, 0.25) is 0 Å². The average molecular weight is 452 g/mol. The molecule has 0 N–H and O–H groups in total. The van der Waals surface area contributed by atoms with Gasteiger partial charge in [-0.05, 0) is 34.9 Å². The van der Waals surface area contributed by atoms with Crippen molar-refractivity contribution < 1.29 is 38.4 Å². The number of halogens is 3. The van der Waals surface area contributed by atoms with E-state index >= 15 is 0 Å². The van der Waals surface area contributed by atoms with Crippen LogP contribution in [0, 0.1) is 0 Å². The second-order valence-electron chi connectivity index (χ2n) is 6.30. The van der Waals surface area contributed by atoms with E-state index in [1.54, 1.807) is 24.3 Å². The molecule has 160 valence electrons. The molecular formula is C18H19F3O6S2. The Labute approximate surface area is 167 Å². The summed E-state index contributed by atoms with van der Waals surface area (Å²) in [5, 5.41) is 0. The summed E-state index contributed by atoms with van der Waals surface area (Å²) < 4.78 is 93.2. The standard InChI is InChI=1S/C18H19F3O6S2/c1-28(22,23)26-11-10-17(27-29(2,24)25)15-5-3-4-14(12-15)13-6-8-16(9-7-13)18(19,20)21/h3-9,12,17H,10-11H2,1-2H3. The van der Waals surface area contributed by atoms with Gasteiger partial charge in [0.05, 0.1) is 24.7 Å². The Hall–Kier alpha value is -1.95. The molecule has 2 aromatic carbocycles. The highest BCUT2D eigenvalue weighted by molar-refractivity contribution is 7.86. The molecule has 29 heavy (non-hydrogen) atoms. The van der Waals surface area contributed by atoms with Gasteiger partial charge >= 0.3 is 6.18 Å². The summed E-state index contributed by atoms with van der Waals surface area (Å²) in [6.45, 7) is -0.302. The van der Waals surface area contributed by atoms with Crippen LogP contribution in [0.25, 0.3) is 11.1 Å². The van der Waals surface area contributed by atoms with Crippen molar-refractivity contribution in [1.82, 2.24) is 0 Å². The number of hydrogen-bond acceptors (Lipinski definition) is 6. The van der Waals surface area contributed by atoms with Crippen LogP contribution >= 0.6 is 0 Å². The minimum atomic E-state index is -4.45. The normalized spacial score (nSPS) is 14.0. The Morgan fingerprint density at radius 1 is 0.897 bits per heavy atom. The topological polar surface area (TPSA) is 86.7 Å². The molecule has 0 heterocycles. The maximum Gasteiger partial charge on any atom is 0.416 e. The van der Waals surface area contributed by atoms with Crippen molar-refractivity contribution in [2.45, 2.75) is 18.7 Å². The molecule has 0 aliphatic carbocycles. The largest absolute Gasteiger partial charge is 0.416 e. The number of benzene rings is 2. The quantitative estimate of drug-likeness (QED) is 0.567. The Morgan fingerprint density at radius 2 is 1.52 bits per heavy atom. The third kappa shape index (κ3) is 7.77. The van der Waals surface area contributed by atoms with Gasteiger partial charge < -0.3 is 0 Å². The maximum atomic E-state index is 12.7. The zero-order chi connectivity index (χ0) is 21.9. The summed E-state index contributed by atoms with van der Waals surface area (Å²) in [6, 6.07) is 10.9. The van der Waals surface area contributed by atoms with Gasteiger partial charge in [0.2, 0.25) is 0 Å². The first-order chi connectivity index (χ1) is 13.2. The van der Waals surface area contributed by atoms with Crippen LogP contribution in [0.1, 0.15) is 23.7 Å². The van der Waals surface area contributed by atoms with Gasteiger partial charge in [-0.3, -0.25) is 8.37 Å². The number of rotatable bonds is 8. The Bertz CT molecular complexity index is 1050. The van der Waals surface area contributed by atoms with E-state index < -0.39 is 38.1 Å². The van der Waals surface area contributed by atoms with E-state index in [9.17, 15) is 30.0 Å². The first-order valence-electron chi connectivity index (χ1n) is 8.25. The summed E-state index contributed by atoms with van der Waals surface area (Å²) in [7, 11) is -7.58. The van der Waals surface area contributed by atoms with Crippen LogP contribution in [0.3, 0.4) is 0 Å². The molecule has 1 unspecified atom stereocenters. The highest BCUT2D eigenvalue weighted by atomic mass is 32.2. The molecule has 0 saturated heterocycles. The second kappa shape index (κ2) is 8.82. The summed E-state index contributed by atoms with van der Waals surface area (Å²) >= 11 is 0. The van der Waals surface area contributed by atoms with E-state index in [4.69, 9.17) is 4.18 Å². The summed E-state index contributed by atoms with van der Waals surface area (Å²) in [4.78, 5) is 0.